The molecule has 3 rings (SSSR count). The molecule has 118 valence electrons. The van der Waals surface area contributed by atoms with Crippen LogP contribution in [-0.4, -0.2) is 43.8 Å². The Kier molecular flexibility index (Phi) is 4.24. The van der Waals surface area contributed by atoms with Crippen molar-refractivity contribution in [3.8, 4) is 0 Å². The fourth-order valence-electron chi connectivity index (χ4n) is 2.80. The van der Waals surface area contributed by atoms with Crippen LogP contribution in [0.2, 0.25) is 0 Å². The van der Waals surface area contributed by atoms with Crippen LogP contribution in [0.25, 0.3) is 0 Å². The Morgan fingerprint density at radius 2 is 2.32 bits per heavy atom. The molecule has 3 heterocycles. The summed E-state index contributed by atoms with van der Waals surface area (Å²) in [5.74, 6) is 2.75. The second-order valence-electron chi connectivity index (χ2n) is 5.60. The first-order chi connectivity index (χ1) is 10.6. The predicted octanol–water partition coefficient (Wildman–Crippen LogP) is 1.88. The zero-order valence-electron chi connectivity index (χ0n) is 13.1. The van der Waals surface area contributed by atoms with Crippen LogP contribution >= 0.6 is 11.8 Å². The van der Waals surface area contributed by atoms with Crippen LogP contribution in [-0.2, 0) is 18.3 Å². The highest BCUT2D eigenvalue weighted by molar-refractivity contribution is 7.99. The first-order valence-corrected chi connectivity index (χ1v) is 8.49. The van der Waals surface area contributed by atoms with Gasteiger partial charge in [-0.2, -0.15) is 16.9 Å². The van der Waals surface area contributed by atoms with Crippen molar-refractivity contribution < 1.29 is 9.32 Å². The van der Waals surface area contributed by atoms with E-state index in [0.717, 1.165) is 40.6 Å². The average molecular weight is 320 g/mol. The van der Waals surface area contributed by atoms with Crippen LogP contribution in [0.1, 0.15) is 28.6 Å². The number of rotatable bonds is 3. The van der Waals surface area contributed by atoms with Crippen molar-refractivity contribution in [1.29, 1.82) is 0 Å². The Hall–Kier alpha value is -1.76. The topological polar surface area (TPSA) is 64.2 Å². The molecule has 1 aliphatic rings. The predicted molar refractivity (Wildman–Crippen MR) is 84.7 cm³/mol. The lowest BCUT2D eigenvalue weighted by molar-refractivity contribution is -0.132. The maximum atomic E-state index is 12.8. The lowest BCUT2D eigenvalue weighted by Gasteiger charge is -2.35. The molecular formula is C15H20N4O2S. The number of aromatic nitrogens is 3. The molecule has 7 heteroatoms. The highest BCUT2D eigenvalue weighted by Crippen LogP contribution is 2.30. The van der Waals surface area contributed by atoms with Gasteiger partial charge in [0.25, 0.3) is 0 Å². The molecule has 1 fully saturated rings. The summed E-state index contributed by atoms with van der Waals surface area (Å²) in [7, 11) is 1.90. The van der Waals surface area contributed by atoms with Crippen molar-refractivity contribution in [2.75, 3.05) is 18.1 Å². The zero-order valence-corrected chi connectivity index (χ0v) is 13.9. The molecule has 0 spiro atoms. The quantitative estimate of drug-likeness (QED) is 0.864. The summed E-state index contributed by atoms with van der Waals surface area (Å²) < 4.78 is 6.94. The molecule has 0 unspecified atom stereocenters. The summed E-state index contributed by atoms with van der Waals surface area (Å²) in [4.78, 5) is 14.8. The first kappa shape index (κ1) is 15.1. The van der Waals surface area contributed by atoms with E-state index < -0.39 is 0 Å². The molecule has 0 aliphatic carbocycles. The van der Waals surface area contributed by atoms with Crippen LogP contribution in [0.15, 0.2) is 16.9 Å². The zero-order chi connectivity index (χ0) is 15.7. The van der Waals surface area contributed by atoms with Crippen LogP contribution in [0.3, 0.4) is 0 Å². The number of hydrogen-bond acceptors (Lipinski definition) is 5. The highest BCUT2D eigenvalue weighted by atomic mass is 32.2. The largest absolute Gasteiger partial charge is 0.361 e. The lowest BCUT2D eigenvalue weighted by Crippen LogP contribution is -2.41. The second-order valence-corrected chi connectivity index (χ2v) is 6.75. The molecule has 0 N–H and O–H groups in total. The molecule has 0 aromatic carbocycles. The summed E-state index contributed by atoms with van der Waals surface area (Å²) in [6.07, 6.45) is 4.20. The van der Waals surface area contributed by atoms with Crippen molar-refractivity contribution in [3.05, 3.63) is 35.0 Å². The lowest BCUT2D eigenvalue weighted by atomic mass is 10.1. The summed E-state index contributed by atoms with van der Waals surface area (Å²) in [6, 6.07) is 0.0976. The van der Waals surface area contributed by atoms with Crippen molar-refractivity contribution in [2.24, 2.45) is 7.05 Å². The smallest absolute Gasteiger partial charge is 0.227 e. The van der Waals surface area contributed by atoms with Gasteiger partial charge in [0.1, 0.15) is 5.76 Å². The number of nitrogens with zero attached hydrogens (tertiary/aromatic N) is 4. The SMILES string of the molecule is Cc1noc(C)c1CC(=O)N1CCSC[C@@H]1c1cnn(C)c1. The van der Waals surface area contributed by atoms with Gasteiger partial charge in [0.2, 0.25) is 5.91 Å². The summed E-state index contributed by atoms with van der Waals surface area (Å²) >= 11 is 1.88. The van der Waals surface area contributed by atoms with Crippen LogP contribution in [0.4, 0.5) is 0 Å². The van der Waals surface area contributed by atoms with Crippen molar-refractivity contribution in [2.45, 2.75) is 26.3 Å². The Labute approximate surface area is 133 Å². The summed E-state index contributed by atoms with van der Waals surface area (Å²) in [6.45, 7) is 4.50. The monoisotopic (exact) mass is 320 g/mol. The Bertz CT molecular complexity index is 659. The van der Waals surface area contributed by atoms with Gasteiger partial charge in [-0.1, -0.05) is 5.16 Å². The fraction of sp³-hybridized carbons (Fsp3) is 0.533. The van der Waals surface area contributed by atoms with E-state index in [-0.39, 0.29) is 11.9 Å². The number of carbonyl (C=O) groups excluding carboxylic acids is 1. The molecule has 1 saturated heterocycles. The van der Waals surface area contributed by atoms with Gasteiger partial charge in [-0.15, -0.1) is 0 Å². The average Bonchev–Trinajstić information content (AvgIpc) is 3.08. The maximum Gasteiger partial charge on any atom is 0.227 e. The van der Waals surface area contributed by atoms with Crippen molar-refractivity contribution in [3.63, 3.8) is 0 Å². The Morgan fingerprint density at radius 1 is 1.50 bits per heavy atom. The number of amides is 1. The minimum atomic E-state index is 0.0976. The third kappa shape index (κ3) is 2.90. The van der Waals surface area contributed by atoms with Gasteiger partial charge >= 0.3 is 0 Å². The molecule has 0 bridgehead atoms. The van der Waals surface area contributed by atoms with Gasteiger partial charge in [-0.25, -0.2) is 0 Å². The van der Waals surface area contributed by atoms with Crippen LogP contribution in [0, 0.1) is 13.8 Å². The molecule has 6 nitrogen and oxygen atoms in total. The number of hydrogen-bond donors (Lipinski definition) is 0. The van der Waals surface area contributed by atoms with E-state index in [1.807, 2.05) is 50.0 Å². The molecule has 22 heavy (non-hydrogen) atoms. The normalized spacial score (nSPS) is 18.7. The molecule has 1 amide bonds. The molecule has 2 aromatic heterocycles. The van der Waals surface area contributed by atoms with E-state index in [2.05, 4.69) is 10.3 Å². The van der Waals surface area contributed by atoms with E-state index in [9.17, 15) is 4.79 Å². The van der Waals surface area contributed by atoms with Crippen LogP contribution in [0.5, 0.6) is 0 Å². The third-order valence-electron chi connectivity index (χ3n) is 4.07. The van der Waals surface area contributed by atoms with E-state index in [1.54, 1.807) is 4.68 Å². The highest BCUT2D eigenvalue weighted by Gasteiger charge is 2.30. The Morgan fingerprint density at radius 3 is 2.95 bits per heavy atom. The molecule has 2 aromatic rings. The van der Waals surface area contributed by atoms with Gasteiger partial charge in [0.05, 0.1) is 24.4 Å². The van der Waals surface area contributed by atoms with Gasteiger partial charge in [-0.3, -0.25) is 9.48 Å². The van der Waals surface area contributed by atoms with Gasteiger partial charge < -0.3 is 9.42 Å². The van der Waals surface area contributed by atoms with Gasteiger partial charge in [0.15, 0.2) is 0 Å². The van der Waals surface area contributed by atoms with Gasteiger partial charge in [-0.05, 0) is 13.8 Å². The number of carbonyl (C=O) groups is 1. The van der Waals surface area contributed by atoms with E-state index in [1.165, 1.54) is 0 Å². The van der Waals surface area contributed by atoms with Crippen molar-refractivity contribution >= 4 is 17.7 Å². The van der Waals surface area contributed by atoms with E-state index in [4.69, 9.17) is 4.52 Å². The molecule has 0 saturated carbocycles. The summed E-state index contributed by atoms with van der Waals surface area (Å²) in [5.41, 5.74) is 2.81. The third-order valence-corrected chi connectivity index (χ3v) is 5.09. The van der Waals surface area contributed by atoms with Crippen LogP contribution < -0.4 is 0 Å². The molecule has 0 radical (unpaired) electrons. The molecule has 1 atom stereocenters. The minimum absolute atomic E-state index is 0.0976. The first-order valence-electron chi connectivity index (χ1n) is 7.33. The fourth-order valence-corrected chi connectivity index (χ4v) is 3.89. The Balaban J connectivity index is 1.80. The standard InChI is InChI=1S/C15H20N4O2S/c1-10-13(11(2)21-17-10)6-15(20)19-4-5-22-9-14(19)12-7-16-18(3)8-12/h7-8,14H,4-6,9H2,1-3H3/t14-/m1/s1. The minimum Gasteiger partial charge on any atom is -0.361 e. The number of thioether (sulfide) groups is 1. The molecular weight excluding hydrogens is 300 g/mol. The van der Waals surface area contributed by atoms with E-state index >= 15 is 0 Å². The van der Waals surface area contributed by atoms with E-state index in [0.29, 0.717) is 6.42 Å². The number of aryl methyl sites for hydroxylation is 3. The second kappa shape index (κ2) is 6.16. The summed E-state index contributed by atoms with van der Waals surface area (Å²) in [5, 5.41) is 8.17. The molecule has 1 aliphatic heterocycles. The maximum absolute atomic E-state index is 12.8. The van der Waals surface area contributed by atoms with Gasteiger partial charge in [0, 0.05) is 42.4 Å². The van der Waals surface area contributed by atoms with Crippen molar-refractivity contribution in [1.82, 2.24) is 19.8 Å².